The number of rotatable bonds is 3. The zero-order chi connectivity index (χ0) is 15.2. The molecule has 1 aliphatic heterocycles. The Balaban J connectivity index is 1.78. The smallest absolute Gasteiger partial charge is 0.246 e. The molecule has 4 nitrogen and oxygen atoms in total. The Hall–Kier alpha value is -1.06. The maximum Gasteiger partial charge on any atom is 0.246 e. The highest BCUT2D eigenvalue weighted by Crippen LogP contribution is 2.40. The fraction of sp³-hybridized carbons (Fsp3) is 0.882. The Morgan fingerprint density at radius 2 is 1.76 bits per heavy atom. The fourth-order valence-corrected chi connectivity index (χ4v) is 3.98. The molecule has 0 bridgehead atoms. The first-order valence-corrected chi connectivity index (χ1v) is 8.55. The zero-order valence-electron chi connectivity index (χ0n) is 13.5. The van der Waals surface area contributed by atoms with Crippen molar-refractivity contribution in [2.75, 3.05) is 0 Å². The number of amides is 2. The maximum absolute atomic E-state index is 12.9. The molecule has 1 N–H and O–H groups in total. The van der Waals surface area contributed by atoms with Crippen molar-refractivity contribution in [2.24, 2.45) is 11.3 Å². The molecule has 2 amide bonds. The highest BCUT2D eigenvalue weighted by Gasteiger charge is 2.48. The first kappa shape index (κ1) is 14.9. The molecule has 1 saturated heterocycles. The summed E-state index contributed by atoms with van der Waals surface area (Å²) in [6.45, 7) is 6.62. The van der Waals surface area contributed by atoms with Crippen LogP contribution in [0, 0.1) is 11.3 Å². The third-order valence-electron chi connectivity index (χ3n) is 5.64. The van der Waals surface area contributed by atoms with E-state index in [2.05, 4.69) is 19.2 Å². The molecule has 2 saturated carbocycles. The van der Waals surface area contributed by atoms with Crippen molar-refractivity contribution in [1.29, 1.82) is 0 Å². The first-order chi connectivity index (χ1) is 9.93. The largest absolute Gasteiger partial charge is 0.342 e. The highest BCUT2D eigenvalue weighted by molar-refractivity contribution is 5.97. The second kappa shape index (κ2) is 5.29. The Morgan fingerprint density at radius 3 is 2.29 bits per heavy atom. The van der Waals surface area contributed by atoms with Crippen molar-refractivity contribution in [1.82, 2.24) is 10.2 Å². The Labute approximate surface area is 127 Å². The van der Waals surface area contributed by atoms with Crippen LogP contribution in [0.15, 0.2) is 0 Å². The normalized spacial score (nSPS) is 34.0. The lowest BCUT2D eigenvalue weighted by atomic mass is 9.74. The van der Waals surface area contributed by atoms with E-state index in [1.54, 1.807) is 0 Å². The standard InChI is InChI=1S/C17H28N2O2/c1-4-13-15(20)18-14(11-5-6-11)16(21)19(13)12-7-9-17(2,3)10-8-12/h11-14H,4-10H2,1-3H3,(H,18,20). The summed E-state index contributed by atoms with van der Waals surface area (Å²) in [4.78, 5) is 27.3. The van der Waals surface area contributed by atoms with Crippen molar-refractivity contribution < 1.29 is 9.59 Å². The monoisotopic (exact) mass is 292 g/mol. The van der Waals surface area contributed by atoms with Gasteiger partial charge in [0.25, 0.3) is 0 Å². The number of hydrogen-bond acceptors (Lipinski definition) is 2. The molecule has 2 unspecified atom stereocenters. The van der Waals surface area contributed by atoms with Crippen LogP contribution < -0.4 is 5.32 Å². The fourth-order valence-electron chi connectivity index (χ4n) is 3.98. The van der Waals surface area contributed by atoms with E-state index in [1.807, 2.05) is 11.8 Å². The molecule has 3 fully saturated rings. The summed E-state index contributed by atoms with van der Waals surface area (Å²) < 4.78 is 0. The van der Waals surface area contributed by atoms with Gasteiger partial charge in [0, 0.05) is 6.04 Å². The lowest BCUT2D eigenvalue weighted by Gasteiger charge is -2.46. The third-order valence-corrected chi connectivity index (χ3v) is 5.64. The van der Waals surface area contributed by atoms with Crippen molar-refractivity contribution in [3.8, 4) is 0 Å². The predicted molar refractivity (Wildman–Crippen MR) is 81.6 cm³/mol. The minimum atomic E-state index is -0.251. The van der Waals surface area contributed by atoms with Crippen molar-refractivity contribution in [3.63, 3.8) is 0 Å². The van der Waals surface area contributed by atoms with E-state index >= 15 is 0 Å². The number of piperazine rings is 1. The third kappa shape index (κ3) is 2.82. The van der Waals surface area contributed by atoms with Crippen LogP contribution in [-0.4, -0.2) is 34.8 Å². The van der Waals surface area contributed by atoms with Crippen LogP contribution in [0.2, 0.25) is 0 Å². The second-order valence-electron chi connectivity index (χ2n) is 7.89. The van der Waals surface area contributed by atoms with Crippen LogP contribution in [-0.2, 0) is 9.59 Å². The number of carbonyl (C=O) groups is 2. The molecule has 3 rings (SSSR count). The van der Waals surface area contributed by atoms with Crippen LogP contribution >= 0.6 is 0 Å². The summed E-state index contributed by atoms with van der Waals surface area (Å²) in [5, 5.41) is 2.98. The van der Waals surface area contributed by atoms with Gasteiger partial charge < -0.3 is 10.2 Å². The minimum Gasteiger partial charge on any atom is -0.342 e. The van der Waals surface area contributed by atoms with Gasteiger partial charge in [-0.25, -0.2) is 0 Å². The summed E-state index contributed by atoms with van der Waals surface area (Å²) in [6.07, 6.45) is 7.26. The molecule has 118 valence electrons. The van der Waals surface area contributed by atoms with Crippen LogP contribution in [0.1, 0.15) is 65.7 Å². The van der Waals surface area contributed by atoms with Crippen molar-refractivity contribution >= 4 is 11.8 Å². The van der Waals surface area contributed by atoms with Gasteiger partial charge in [-0.05, 0) is 56.3 Å². The molecule has 0 aromatic heterocycles. The molecular weight excluding hydrogens is 264 g/mol. The van der Waals surface area contributed by atoms with Gasteiger partial charge in [-0.15, -0.1) is 0 Å². The van der Waals surface area contributed by atoms with Crippen LogP contribution in [0.3, 0.4) is 0 Å². The predicted octanol–water partition coefficient (Wildman–Crippen LogP) is 2.47. The second-order valence-corrected chi connectivity index (χ2v) is 7.89. The highest BCUT2D eigenvalue weighted by atomic mass is 16.2. The van der Waals surface area contributed by atoms with E-state index in [4.69, 9.17) is 0 Å². The summed E-state index contributed by atoms with van der Waals surface area (Å²) in [7, 11) is 0. The van der Waals surface area contributed by atoms with Gasteiger partial charge in [-0.1, -0.05) is 20.8 Å². The van der Waals surface area contributed by atoms with Gasteiger partial charge in [0.2, 0.25) is 11.8 Å². The SMILES string of the molecule is CCC1C(=O)NC(C2CC2)C(=O)N1C1CCC(C)(C)CC1. The summed E-state index contributed by atoms with van der Waals surface area (Å²) in [5.74, 6) is 0.647. The van der Waals surface area contributed by atoms with Crippen LogP contribution in [0.25, 0.3) is 0 Å². The zero-order valence-corrected chi connectivity index (χ0v) is 13.5. The average Bonchev–Trinajstić information content (AvgIpc) is 3.25. The molecular formula is C17H28N2O2. The molecule has 3 aliphatic rings. The van der Waals surface area contributed by atoms with E-state index in [0.29, 0.717) is 11.3 Å². The van der Waals surface area contributed by atoms with Crippen LogP contribution in [0.4, 0.5) is 0 Å². The minimum absolute atomic E-state index is 0.0684. The molecule has 1 heterocycles. The molecule has 0 aromatic carbocycles. The summed E-state index contributed by atoms with van der Waals surface area (Å²) >= 11 is 0. The quantitative estimate of drug-likeness (QED) is 0.868. The number of carbonyl (C=O) groups excluding carboxylic acids is 2. The summed E-state index contributed by atoms with van der Waals surface area (Å²) in [5.41, 5.74) is 0.384. The van der Waals surface area contributed by atoms with Gasteiger partial charge in [0.05, 0.1) is 0 Å². The topological polar surface area (TPSA) is 49.4 Å². The maximum atomic E-state index is 12.9. The van der Waals surface area contributed by atoms with E-state index in [1.165, 1.54) is 0 Å². The number of hydrogen-bond donors (Lipinski definition) is 1. The Morgan fingerprint density at radius 1 is 1.14 bits per heavy atom. The molecule has 2 atom stereocenters. The number of nitrogens with one attached hydrogen (secondary N) is 1. The van der Waals surface area contributed by atoms with E-state index in [-0.39, 0.29) is 29.9 Å². The Bertz CT molecular complexity index is 432. The molecule has 0 aromatic rings. The van der Waals surface area contributed by atoms with Crippen LogP contribution in [0.5, 0.6) is 0 Å². The molecule has 2 aliphatic carbocycles. The lowest BCUT2D eigenvalue weighted by Crippen LogP contribution is -2.66. The van der Waals surface area contributed by atoms with Gasteiger partial charge in [-0.2, -0.15) is 0 Å². The van der Waals surface area contributed by atoms with Crippen molar-refractivity contribution in [3.05, 3.63) is 0 Å². The van der Waals surface area contributed by atoms with Gasteiger partial charge in [0.15, 0.2) is 0 Å². The summed E-state index contributed by atoms with van der Waals surface area (Å²) in [6, 6.07) is -0.225. The van der Waals surface area contributed by atoms with Gasteiger partial charge >= 0.3 is 0 Å². The van der Waals surface area contributed by atoms with Crippen molar-refractivity contribution in [2.45, 2.75) is 83.8 Å². The van der Waals surface area contributed by atoms with E-state index in [9.17, 15) is 9.59 Å². The molecule has 4 heteroatoms. The molecule has 0 radical (unpaired) electrons. The number of nitrogens with zero attached hydrogens (tertiary/aromatic N) is 1. The molecule has 0 spiro atoms. The van der Waals surface area contributed by atoms with Gasteiger partial charge in [-0.3, -0.25) is 9.59 Å². The Kier molecular flexibility index (Phi) is 3.74. The van der Waals surface area contributed by atoms with E-state index < -0.39 is 0 Å². The average molecular weight is 292 g/mol. The first-order valence-electron chi connectivity index (χ1n) is 8.55. The molecule has 21 heavy (non-hydrogen) atoms. The van der Waals surface area contributed by atoms with E-state index in [0.717, 1.165) is 44.9 Å². The van der Waals surface area contributed by atoms with Gasteiger partial charge in [0.1, 0.15) is 12.1 Å². The lowest BCUT2D eigenvalue weighted by molar-refractivity contribution is -0.154.